The van der Waals surface area contributed by atoms with Gasteiger partial charge < -0.3 is 14.6 Å². The molecule has 0 amide bonds. The zero-order valence-electron chi connectivity index (χ0n) is 12.2. The number of hydrogen-bond donors (Lipinski definition) is 1. The predicted molar refractivity (Wildman–Crippen MR) is 79.2 cm³/mol. The van der Waals surface area contributed by atoms with E-state index in [1.165, 1.54) is 19.2 Å². The molecule has 1 atom stereocenters. The largest absolute Gasteiger partial charge is 0.497 e. The van der Waals surface area contributed by atoms with Gasteiger partial charge in [0.25, 0.3) is 0 Å². The molecule has 0 bridgehead atoms. The standard InChI is InChI=1S/C17H19FO3/c1-3-10-21-13-6-4-12(5-7-13)17(19)15-9-8-14(20-2)11-16(15)18/h4-9,11,17,19H,3,10H2,1-2H3. The second-order valence-electron chi connectivity index (χ2n) is 4.71. The maximum absolute atomic E-state index is 14.0. The van der Waals surface area contributed by atoms with Crippen LogP contribution in [0.2, 0.25) is 0 Å². The minimum absolute atomic E-state index is 0.220. The van der Waals surface area contributed by atoms with Gasteiger partial charge in [0.05, 0.1) is 13.7 Å². The zero-order chi connectivity index (χ0) is 15.2. The van der Waals surface area contributed by atoms with Gasteiger partial charge in [-0.3, -0.25) is 0 Å². The van der Waals surface area contributed by atoms with Crippen LogP contribution in [0.5, 0.6) is 11.5 Å². The summed E-state index contributed by atoms with van der Waals surface area (Å²) in [6, 6.07) is 11.4. The summed E-state index contributed by atoms with van der Waals surface area (Å²) in [7, 11) is 1.47. The molecule has 0 spiro atoms. The molecular weight excluding hydrogens is 271 g/mol. The van der Waals surface area contributed by atoms with E-state index in [0.29, 0.717) is 17.9 Å². The highest BCUT2D eigenvalue weighted by Crippen LogP contribution is 2.28. The van der Waals surface area contributed by atoms with E-state index in [2.05, 4.69) is 0 Å². The van der Waals surface area contributed by atoms with E-state index >= 15 is 0 Å². The highest BCUT2D eigenvalue weighted by Gasteiger charge is 2.15. The predicted octanol–water partition coefficient (Wildman–Crippen LogP) is 3.70. The van der Waals surface area contributed by atoms with Gasteiger partial charge in [0.1, 0.15) is 23.4 Å². The number of benzene rings is 2. The number of aliphatic hydroxyl groups is 1. The fraction of sp³-hybridized carbons (Fsp3) is 0.294. The SMILES string of the molecule is CCCOc1ccc(C(O)c2ccc(OC)cc2F)cc1. The molecule has 0 aliphatic heterocycles. The molecule has 0 aliphatic rings. The highest BCUT2D eigenvalue weighted by molar-refractivity contribution is 5.37. The molecule has 1 unspecified atom stereocenters. The molecular formula is C17H19FO3. The first kappa shape index (κ1) is 15.3. The molecule has 1 N–H and O–H groups in total. The summed E-state index contributed by atoms with van der Waals surface area (Å²) in [5, 5.41) is 10.3. The lowest BCUT2D eigenvalue weighted by Gasteiger charge is -2.14. The number of methoxy groups -OCH3 is 1. The lowest BCUT2D eigenvalue weighted by molar-refractivity contribution is 0.214. The Bertz CT molecular complexity index is 581. The van der Waals surface area contributed by atoms with E-state index in [-0.39, 0.29) is 5.56 Å². The van der Waals surface area contributed by atoms with E-state index in [0.717, 1.165) is 12.2 Å². The van der Waals surface area contributed by atoms with E-state index in [1.807, 2.05) is 6.92 Å². The first-order valence-electron chi connectivity index (χ1n) is 6.90. The molecule has 112 valence electrons. The van der Waals surface area contributed by atoms with Crippen molar-refractivity contribution in [3.8, 4) is 11.5 Å². The van der Waals surface area contributed by atoms with E-state index < -0.39 is 11.9 Å². The van der Waals surface area contributed by atoms with Crippen LogP contribution in [0.3, 0.4) is 0 Å². The highest BCUT2D eigenvalue weighted by atomic mass is 19.1. The smallest absolute Gasteiger partial charge is 0.133 e. The van der Waals surface area contributed by atoms with Gasteiger partial charge >= 0.3 is 0 Å². The maximum atomic E-state index is 14.0. The fourth-order valence-electron chi connectivity index (χ4n) is 2.00. The van der Waals surface area contributed by atoms with Gasteiger partial charge in [0, 0.05) is 11.6 Å². The van der Waals surface area contributed by atoms with E-state index in [4.69, 9.17) is 9.47 Å². The number of halogens is 1. The Labute approximate surface area is 124 Å². The molecule has 0 fully saturated rings. The van der Waals surface area contributed by atoms with Crippen molar-refractivity contribution < 1.29 is 19.0 Å². The third kappa shape index (κ3) is 3.73. The quantitative estimate of drug-likeness (QED) is 0.881. The van der Waals surface area contributed by atoms with E-state index in [9.17, 15) is 9.50 Å². The Hall–Kier alpha value is -2.07. The van der Waals surface area contributed by atoms with Crippen LogP contribution in [0.25, 0.3) is 0 Å². The number of ether oxygens (including phenoxy) is 2. The Kier molecular flexibility index (Phi) is 5.17. The van der Waals surface area contributed by atoms with Gasteiger partial charge in [-0.15, -0.1) is 0 Å². The summed E-state index contributed by atoms with van der Waals surface area (Å²) in [6.07, 6.45) is -0.0855. The summed E-state index contributed by atoms with van der Waals surface area (Å²) >= 11 is 0. The molecule has 4 heteroatoms. The van der Waals surface area contributed by atoms with Crippen molar-refractivity contribution in [3.05, 3.63) is 59.4 Å². The van der Waals surface area contributed by atoms with E-state index in [1.54, 1.807) is 30.3 Å². The van der Waals surface area contributed by atoms with Gasteiger partial charge in [0.15, 0.2) is 0 Å². The van der Waals surface area contributed by atoms with Crippen molar-refractivity contribution in [2.45, 2.75) is 19.4 Å². The van der Waals surface area contributed by atoms with Crippen molar-refractivity contribution in [1.29, 1.82) is 0 Å². The third-order valence-corrected chi connectivity index (χ3v) is 3.17. The second-order valence-corrected chi connectivity index (χ2v) is 4.71. The van der Waals surface area contributed by atoms with Crippen LogP contribution in [0.15, 0.2) is 42.5 Å². The van der Waals surface area contributed by atoms with Crippen molar-refractivity contribution in [3.63, 3.8) is 0 Å². The minimum atomic E-state index is -1.02. The number of rotatable bonds is 6. The first-order valence-corrected chi connectivity index (χ1v) is 6.90. The van der Waals surface area contributed by atoms with Crippen LogP contribution < -0.4 is 9.47 Å². The monoisotopic (exact) mass is 290 g/mol. The lowest BCUT2D eigenvalue weighted by Crippen LogP contribution is -2.03. The minimum Gasteiger partial charge on any atom is -0.497 e. The number of aliphatic hydroxyl groups excluding tert-OH is 1. The van der Waals surface area contributed by atoms with Crippen LogP contribution in [-0.2, 0) is 0 Å². The third-order valence-electron chi connectivity index (χ3n) is 3.17. The molecule has 3 nitrogen and oxygen atoms in total. The average molecular weight is 290 g/mol. The Morgan fingerprint density at radius 3 is 2.33 bits per heavy atom. The summed E-state index contributed by atoms with van der Waals surface area (Å²) in [5.41, 5.74) is 0.834. The molecule has 0 saturated carbocycles. The lowest BCUT2D eigenvalue weighted by atomic mass is 10.0. The topological polar surface area (TPSA) is 38.7 Å². The van der Waals surface area contributed by atoms with Gasteiger partial charge in [-0.1, -0.05) is 19.1 Å². The Morgan fingerprint density at radius 2 is 1.76 bits per heavy atom. The molecule has 0 radical (unpaired) electrons. The first-order chi connectivity index (χ1) is 10.2. The molecule has 0 aliphatic carbocycles. The van der Waals surface area contributed by atoms with Crippen molar-refractivity contribution >= 4 is 0 Å². The zero-order valence-corrected chi connectivity index (χ0v) is 12.2. The molecule has 21 heavy (non-hydrogen) atoms. The van der Waals surface area contributed by atoms with Crippen molar-refractivity contribution in [2.24, 2.45) is 0 Å². The van der Waals surface area contributed by atoms with Crippen molar-refractivity contribution in [2.75, 3.05) is 13.7 Å². The van der Waals surface area contributed by atoms with Crippen LogP contribution in [-0.4, -0.2) is 18.8 Å². The maximum Gasteiger partial charge on any atom is 0.133 e. The normalized spacial score (nSPS) is 12.0. The summed E-state index contributed by atoms with van der Waals surface area (Å²) in [5.74, 6) is 0.669. The van der Waals surface area contributed by atoms with Crippen molar-refractivity contribution in [1.82, 2.24) is 0 Å². The van der Waals surface area contributed by atoms with Gasteiger partial charge in [-0.2, -0.15) is 0 Å². The van der Waals surface area contributed by atoms with Crippen LogP contribution >= 0.6 is 0 Å². The van der Waals surface area contributed by atoms with Gasteiger partial charge in [-0.25, -0.2) is 4.39 Å². The molecule has 2 aromatic rings. The summed E-state index contributed by atoms with van der Waals surface area (Å²) < 4.78 is 24.4. The second kappa shape index (κ2) is 7.09. The van der Waals surface area contributed by atoms with Crippen LogP contribution in [0.1, 0.15) is 30.6 Å². The van der Waals surface area contributed by atoms with Crippen LogP contribution in [0.4, 0.5) is 4.39 Å². The average Bonchev–Trinajstić information content (AvgIpc) is 2.52. The Morgan fingerprint density at radius 1 is 1.10 bits per heavy atom. The fourth-order valence-corrected chi connectivity index (χ4v) is 2.00. The molecule has 2 aromatic carbocycles. The summed E-state index contributed by atoms with van der Waals surface area (Å²) in [6.45, 7) is 2.68. The number of hydrogen-bond acceptors (Lipinski definition) is 3. The molecule has 0 aromatic heterocycles. The van der Waals surface area contributed by atoms with Gasteiger partial charge in [-0.05, 0) is 36.2 Å². The van der Waals surface area contributed by atoms with Gasteiger partial charge in [0.2, 0.25) is 0 Å². The summed E-state index contributed by atoms with van der Waals surface area (Å²) in [4.78, 5) is 0. The Balaban J connectivity index is 2.17. The molecule has 0 saturated heterocycles. The molecule has 2 rings (SSSR count). The van der Waals surface area contributed by atoms with Crippen LogP contribution in [0, 0.1) is 5.82 Å². The molecule has 0 heterocycles.